The summed E-state index contributed by atoms with van der Waals surface area (Å²) in [5.41, 5.74) is 1.48. The van der Waals surface area contributed by atoms with E-state index in [1.54, 1.807) is 37.6 Å². The minimum absolute atomic E-state index is 0.00977. The van der Waals surface area contributed by atoms with Crippen LogP contribution >= 0.6 is 11.6 Å². The molecular weight excluding hydrogens is 314 g/mol. The summed E-state index contributed by atoms with van der Waals surface area (Å²) in [5.74, 6) is 1.59. The number of anilines is 3. The third kappa shape index (κ3) is 5.14. The monoisotopic (exact) mass is 333 g/mol. The quantitative estimate of drug-likeness (QED) is 0.818. The second-order valence-corrected chi connectivity index (χ2v) is 5.96. The van der Waals surface area contributed by atoms with Crippen LogP contribution in [0.1, 0.15) is 20.3 Å². The van der Waals surface area contributed by atoms with Gasteiger partial charge in [0, 0.05) is 12.1 Å². The molecule has 0 unspecified atom stereocenters. The molecule has 1 heterocycles. The van der Waals surface area contributed by atoms with Crippen LogP contribution in [-0.4, -0.2) is 18.0 Å². The van der Waals surface area contributed by atoms with Gasteiger partial charge in [0.25, 0.3) is 0 Å². The minimum Gasteiger partial charge on any atom is -0.495 e. The maximum atomic E-state index is 11.7. The molecule has 2 N–H and O–H groups in total. The van der Waals surface area contributed by atoms with Crippen molar-refractivity contribution in [2.75, 3.05) is 17.7 Å². The smallest absolute Gasteiger partial charge is 0.224 e. The fourth-order valence-corrected chi connectivity index (χ4v) is 2.27. The summed E-state index contributed by atoms with van der Waals surface area (Å²) in [5, 5.41) is 6.49. The molecule has 0 saturated heterocycles. The third-order valence-electron chi connectivity index (χ3n) is 3.07. The molecule has 0 saturated carbocycles. The number of hydrogen-bond donors (Lipinski definition) is 2. The van der Waals surface area contributed by atoms with Gasteiger partial charge >= 0.3 is 0 Å². The first-order valence-electron chi connectivity index (χ1n) is 7.34. The molecule has 0 aliphatic heterocycles. The Labute approximate surface area is 141 Å². The van der Waals surface area contributed by atoms with Crippen LogP contribution in [0.5, 0.6) is 5.75 Å². The summed E-state index contributed by atoms with van der Waals surface area (Å²) in [4.78, 5) is 16.0. The Bertz CT molecular complexity index is 672. The lowest BCUT2D eigenvalue weighted by Crippen LogP contribution is -2.13. The van der Waals surface area contributed by atoms with Crippen molar-refractivity contribution in [3.05, 3.63) is 41.6 Å². The molecule has 122 valence electrons. The number of methoxy groups -OCH3 is 1. The van der Waals surface area contributed by atoms with Gasteiger partial charge in [0.1, 0.15) is 11.6 Å². The highest BCUT2D eigenvalue weighted by molar-refractivity contribution is 6.32. The van der Waals surface area contributed by atoms with Crippen LogP contribution in [0.15, 0.2) is 36.5 Å². The van der Waals surface area contributed by atoms with Crippen molar-refractivity contribution in [3.8, 4) is 5.75 Å². The molecule has 0 radical (unpaired) electrons. The second-order valence-electron chi connectivity index (χ2n) is 5.55. The lowest BCUT2D eigenvalue weighted by Gasteiger charge is -2.10. The SMILES string of the molecule is COc1ccc(Nc2ccc(NC(=O)CC(C)C)cn2)cc1Cl. The fourth-order valence-electron chi connectivity index (χ4n) is 2.02. The molecule has 0 aliphatic carbocycles. The number of aromatic nitrogens is 1. The molecule has 6 heteroatoms. The van der Waals surface area contributed by atoms with Gasteiger partial charge in [-0.05, 0) is 36.2 Å². The van der Waals surface area contributed by atoms with E-state index < -0.39 is 0 Å². The molecule has 0 spiro atoms. The van der Waals surface area contributed by atoms with Gasteiger partial charge < -0.3 is 15.4 Å². The highest BCUT2D eigenvalue weighted by Gasteiger charge is 2.06. The molecule has 0 atom stereocenters. The number of amides is 1. The van der Waals surface area contributed by atoms with Crippen molar-refractivity contribution in [1.29, 1.82) is 0 Å². The summed E-state index contributed by atoms with van der Waals surface area (Å²) < 4.78 is 5.11. The summed E-state index contributed by atoms with van der Waals surface area (Å²) in [6.45, 7) is 4.01. The maximum absolute atomic E-state index is 11.7. The molecule has 23 heavy (non-hydrogen) atoms. The molecule has 0 aliphatic rings. The molecule has 0 bridgehead atoms. The number of rotatable bonds is 6. The van der Waals surface area contributed by atoms with E-state index in [-0.39, 0.29) is 5.91 Å². The maximum Gasteiger partial charge on any atom is 0.224 e. The van der Waals surface area contributed by atoms with E-state index >= 15 is 0 Å². The molecular formula is C17H20ClN3O2. The summed E-state index contributed by atoms with van der Waals surface area (Å²) in [6, 6.07) is 9.00. The van der Waals surface area contributed by atoms with Gasteiger partial charge in [0.2, 0.25) is 5.91 Å². The van der Waals surface area contributed by atoms with E-state index in [0.717, 1.165) is 5.69 Å². The number of pyridine rings is 1. The van der Waals surface area contributed by atoms with Crippen LogP contribution in [-0.2, 0) is 4.79 Å². The Morgan fingerprint density at radius 2 is 2.00 bits per heavy atom. The Morgan fingerprint density at radius 3 is 2.57 bits per heavy atom. The van der Waals surface area contributed by atoms with Crippen molar-refractivity contribution >= 4 is 34.7 Å². The Hall–Kier alpha value is -2.27. The van der Waals surface area contributed by atoms with Crippen LogP contribution in [0.2, 0.25) is 5.02 Å². The van der Waals surface area contributed by atoms with Gasteiger partial charge in [-0.1, -0.05) is 25.4 Å². The molecule has 0 fully saturated rings. The summed E-state index contributed by atoms with van der Waals surface area (Å²) in [6.07, 6.45) is 2.11. The zero-order valence-corrected chi connectivity index (χ0v) is 14.1. The average molecular weight is 334 g/mol. The van der Waals surface area contributed by atoms with Crippen molar-refractivity contribution in [2.24, 2.45) is 5.92 Å². The van der Waals surface area contributed by atoms with E-state index in [0.29, 0.717) is 34.6 Å². The minimum atomic E-state index is -0.00977. The average Bonchev–Trinajstić information content (AvgIpc) is 2.48. The molecule has 1 aromatic heterocycles. The number of hydrogen-bond acceptors (Lipinski definition) is 4. The normalized spacial score (nSPS) is 10.5. The molecule has 2 aromatic rings. The van der Waals surface area contributed by atoms with Crippen LogP contribution < -0.4 is 15.4 Å². The second kappa shape index (κ2) is 7.83. The lowest BCUT2D eigenvalue weighted by atomic mass is 10.1. The van der Waals surface area contributed by atoms with Gasteiger partial charge in [-0.2, -0.15) is 0 Å². The number of nitrogens with one attached hydrogen (secondary N) is 2. The van der Waals surface area contributed by atoms with Crippen LogP contribution in [0.25, 0.3) is 0 Å². The topological polar surface area (TPSA) is 63.2 Å². The number of carbonyl (C=O) groups excluding carboxylic acids is 1. The summed E-state index contributed by atoms with van der Waals surface area (Å²) in [7, 11) is 1.57. The predicted molar refractivity (Wildman–Crippen MR) is 93.6 cm³/mol. The van der Waals surface area contributed by atoms with Crippen molar-refractivity contribution in [2.45, 2.75) is 20.3 Å². The molecule has 5 nitrogen and oxygen atoms in total. The van der Waals surface area contributed by atoms with Gasteiger partial charge in [-0.25, -0.2) is 4.98 Å². The fraction of sp³-hybridized carbons (Fsp3) is 0.294. The number of ether oxygens (including phenoxy) is 1. The highest BCUT2D eigenvalue weighted by Crippen LogP contribution is 2.28. The van der Waals surface area contributed by atoms with Gasteiger partial charge in [0.05, 0.1) is 24.0 Å². The van der Waals surface area contributed by atoms with Gasteiger partial charge in [-0.3, -0.25) is 4.79 Å². The Morgan fingerprint density at radius 1 is 1.26 bits per heavy atom. The Balaban J connectivity index is 2.00. The summed E-state index contributed by atoms with van der Waals surface area (Å²) >= 11 is 6.09. The van der Waals surface area contributed by atoms with Gasteiger partial charge in [-0.15, -0.1) is 0 Å². The standard InChI is InChI=1S/C17H20ClN3O2/c1-11(2)8-17(22)21-13-5-7-16(19-10-13)20-12-4-6-15(23-3)14(18)9-12/h4-7,9-11H,8H2,1-3H3,(H,19,20)(H,21,22). The zero-order chi connectivity index (χ0) is 16.8. The van der Waals surface area contributed by atoms with E-state index in [4.69, 9.17) is 16.3 Å². The first kappa shape index (κ1) is 17.1. The third-order valence-corrected chi connectivity index (χ3v) is 3.36. The van der Waals surface area contributed by atoms with Crippen LogP contribution in [0.3, 0.4) is 0 Å². The number of halogens is 1. The first-order chi connectivity index (χ1) is 11.0. The number of nitrogens with zero attached hydrogens (tertiary/aromatic N) is 1. The molecule has 2 rings (SSSR count). The largest absolute Gasteiger partial charge is 0.495 e. The lowest BCUT2D eigenvalue weighted by molar-refractivity contribution is -0.116. The molecule has 1 aromatic carbocycles. The number of benzene rings is 1. The zero-order valence-electron chi connectivity index (χ0n) is 13.4. The van der Waals surface area contributed by atoms with Crippen molar-refractivity contribution in [1.82, 2.24) is 4.98 Å². The number of carbonyl (C=O) groups is 1. The van der Waals surface area contributed by atoms with Crippen LogP contribution in [0, 0.1) is 5.92 Å². The molecule has 1 amide bonds. The Kier molecular flexibility index (Phi) is 5.82. The van der Waals surface area contributed by atoms with E-state index in [1.807, 2.05) is 19.9 Å². The van der Waals surface area contributed by atoms with Crippen molar-refractivity contribution in [3.63, 3.8) is 0 Å². The predicted octanol–water partition coefficient (Wildman–Crippen LogP) is 4.47. The van der Waals surface area contributed by atoms with Gasteiger partial charge in [0.15, 0.2) is 0 Å². The van der Waals surface area contributed by atoms with E-state index in [1.165, 1.54) is 0 Å². The first-order valence-corrected chi connectivity index (χ1v) is 7.72. The van der Waals surface area contributed by atoms with E-state index in [9.17, 15) is 4.79 Å². The van der Waals surface area contributed by atoms with E-state index in [2.05, 4.69) is 15.6 Å². The van der Waals surface area contributed by atoms with Crippen molar-refractivity contribution < 1.29 is 9.53 Å². The van der Waals surface area contributed by atoms with Crippen LogP contribution in [0.4, 0.5) is 17.2 Å². The highest BCUT2D eigenvalue weighted by atomic mass is 35.5.